The second kappa shape index (κ2) is 6.67. The van der Waals surface area contributed by atoms with Gasteiger partial charge in [0.15, 0.2) is 0 Å². The molecule has 4 nitrogen and oxygen atoms in total. The van der Waals surface area contributed by atoms with Crippen LogP contribution in [0.15, 0.2) is 59.4 Å². The highest BCUT2D eigenvalue weighted by Crippen LogP contribution is 2.11. The van der Waals surface area contributed by atoms with E-state index < -0.39 is 0 Å². The first-order chi connectivity index (χ1) is 11.1. The number of amides is 1. The van der Waals surface area contributed by atoms with Crippen molar-refractivity contribution in [2.24, 2.45) is 0 Å². The first-order valence-electron chi connectivity index (χ1n) is 7.28. The Hall–Kier alpha value is -2.59. The third-order valence-electron chi connectivity index (χ3n) is 3.59. The Morgan fingerprint density at radius 3 is 2.74 bits per heavy atom. The number of hydrogen-bond donors (Lipinski definition) is 2. The highest BCUT2D eigenvalue weighted by molar-refractivity contribution is 6.30. The van der Waals surface area contributed by atoms with E-state index in [-0.39, 0.29) is 17.0 Å². The van der Waals surface area contributed by atoms with Crippen molar-refractivity contribution in [2.45, 2.75) is 6.42 Å². The lowest BCUT2D eigenvalue weighted by Gasteiger charge is -2.06. The van der Waals surface area contributed by atoms with E-state index in [0.29, 0.717) is 23.5 Å². The molecular weight excluding hydrogens is 312 g/mol. The Morgan fingerprint density at radius 2 is 1.91 bits per heavy atom. The van der Waals surface area contributed by atoms with Crippen molar-refractivity contribution in [3.05, 3.63) is 81.1 Å². The first-order valence-corrected chi connectivity index (χ1v) is 7.66. The summed E-state index contributed by atoms with van der Waals surface area (Å²) in [6.45, 7) is 0.436. The number of H-pyrrole nitrogens is 1. The van der Waals surface area contributed by atoms with E-state index in [1.807, 2.05) is 36.4 Å². The second-order valence-electron chi connectivity index (χ2n) is 5.24. The molecule has 3 rings (SSSR count). The molecule has 2 N–H and O–H groups in total. The molecule has 1 aromatic heterocycles. The number of pyridine rings is 1. The molecule has 5 heteroatoms. The van der Waals surface area contributed by atoms with E-state index in [2.05, 4.69) is 10.3 Å². The van der Waals surface area contributed by atoms with Gasteiger partial charge < -0.3 is 10.3 Å². The maximum Gasteiger partial charge on any atom is 0.261 e. The molecule has 23 heavy (non-hydrogen) atoms. The number of carbonyl (C=O) groups excluding carboxylic acids is 1. The first kappa shape index (κ1) is 15.3. The van der Waals surface area contributed by atoms with Crippen LogP contribution in [-0.2, 0) is 6.42 Å². The molecule has 0 radical (unpaired) electrons. The standard InChI is InChI=1S/C18H15ClN2O2/c19-14-6-3-4-12(10-14)8-9-20-17(22)15-11-13-5-1-2-7-16(13)21-18(15)23/h1-7,10-11H,8-9H2,(H,20,22)(H,21,23). The van der Waals surface area contributed by atoms with Crippen LogP contribution in [0, 0.1) is 0 Å². The fourth-order valence-electron chi connectivity index (χ4n) is 2.42. The Morgan fingerprint density at radius 1 is 1.09 bits per heavy atom. The molecule has 0 saturated carbocycles. The number of aromatic nitrogens is 1. The minimum atomic E-state index is -0.385. The Kier molecular flexibility index (Phi) is 4.44. The molecule has 0 fully saturated rings. The smallest absolute Gasteiger partial charge is 0.261 e. The largest absolute Gasteiger partial charge is 0.352 e. The number of rotatable bonds is 4. The van der Waals surface area contributed by atoms with Crippen LogP contribution in [0.1, 0.15) is 15.9 Å². The van der Waals surface area contributed by atoms with Gasteiger partial charge in [-0.1, -0.05) is 41.9 Å². The van der Waals surface area contributed by atoms with Gasteiger partial charge in [0.1, 0.15) is 5.56 Å². The van der Waals surface area contributed by atoms with Crippen molar-refractivity contribution in [3.63, 3.8) is 0 Å². The Balaban J connectivity index is 1.71. The van der Waals surface area contributed by atoms with Crippen molar-refractivity contribution in [1.29, 1.82) is 0 Å². The van der Waals surface area contributed by atoms with Crippen LogP contribution in [-0.4, -0.2) is 17.4 Å². The Bertz CT molecular complexity index is 918. The molecule has 0 spiro atoms. The van der Waals surface area contributed by atoms with Crippen molar-refractivity contribution in [1.82, 2.24) is 10.3 Å². The van der Waals surface area contributed by atoms with Gasteiger partial charge in [0, 0.05) is 17.1 Å². The van der Waals surface area contributed by atoms with Gasteiger partial charge in [0.05, 0.1) is 0 Å². The Labute approximate surface area is 138 Å². The van der Waals surface area contributed by atoms with Crippen molar-refractivity contribution in [2.75, 3.05) is 6.54 Å². The van der Waals surface area contributed by atoms with Gasteiger partial charge in [-0.05, 0) is 41.6 Å². The number of carbonyl (C=O) groups is 1. The van der Waals surface area contributed by atoms with Crippen molar-refractivity contribution < 1.29 is 4.79 Å². The van der Waals surface area contributed by atoms with Crippen LogP contribution in [0.2, 0.25) is 5.02 Å². The van der Waals surface area contributed by atoms with Crippen LogP contribution in [0.3, 0.4) is 0 Å². The topological polar surface area (TPSA) is 62.0 Å². The van der Waals surface area contributed by atoms with Crippen molar-refractivity contribution >= 4 is 28.4 Å². The monoisotopic (exact) mass is 326 g/mol. The molecule has 116 valence electrons. The predicted octanol–water partition coefficient (Wildman–Crippen LogP) is 3.15. The summed E-state index contributed by atoms with van der Waals surface area (Å²) in [5.41, 5.74) is 1.48. The van der Waals surface area contributed by atoms with Crippen LogP contribution < -0.4 is 10.9 Å². The lowest BCUT2D eigenvalue weighted by molar-refractivity contribution is 0.0953. The highest BCUT2D eigenvalue weighted by atomic mass is 35.5. The number of para-hydroxylation sites is 1. The van der Waals surface area contributed by atoms with Gasteiger partial charge >= 0.3 is 0 Å². The molecule has 0 aliphatic carbocycles. The maximum atomic E-state index is 12.2. The van der Waals surface area contributed by atoms with Gasteiger partial charge in [-0.3, -0.25) is 9.59 Å². The number of hydrogen-bond acceptors (Lipinski definition) is 2. The zero-order valence-corrected chi connectivity index (χ0v) is 13.1. The number of halogens is 1. The molecule has 1 amide bonds. The van der Waals surface area contributed by atoms with Crippen LogP contribution in [0.25, 0.3) is 10.9 Å². The minimum Gasteiger partial charge on any atom is -0.352 e. The third-order valence-corrected chi connectivity index (χ3v) is 3.82. The van der Waals surface area contributed by atoms with E-state index in [1.165, 1.54) is 0 Å². The molecule has 0 aliphatic heterocycles. The SMILES string of the molecule is O=C(NCCc1cccc(Cl)c1)c1cc2ccccc2[nH]c1=O. The zero-order valence-electron chi connectivity index (χ0n) is 12.3. The number of nitrogens with one attached hydrogen (secondary N) is 2. The highest BCUT2D eigenvalue weighted by Gasteiger charge is 2.11. The zero-order chi connectivity index (χ0) is 16.2. The molecule has 3 aromatic rings. The van der Waals surface area contributed by atoms with Crippen molar-refractivity contribution in [3.8, 4) is 0 Å². The summed E-state index contributed by atoms with van der Waals surface area (Å²) in [6.07, 6.45) is 0.651. The molecule has 1 heterocycles. The normalized spacial score (nSPS) is 10.7. The average molecular weight is 327 g/mol. The van der Waals surface area contributed by atoms with Gasteiger partial charge in [0.2, 0.25) is 0 Å². The van der Waals surface area contributed by atoms with E-state index in [9.17, 15) is 9.59 Å². The number of benzene rings is 2. The summed E-state index contributed by atoms with van der Waals surface area (Å²) in [5, 5.41) is 4.26. The fraction of sp³-hybridized carbons (Fsp3) is 0.111. The average Bonchev–Trinajstić information content (AvgIpc) is 2.54. The summed E-state index contributed by atoms with van der Waals surface area (Å²) >= 11 is 5.93. The van der Waals surface area contributed by atoms with Gasteiger partial charge in [-0.25, -0.2) is 0 Å². The summed E-state index contributed by atoms with van der Waals surface area (Å²) < 4.78 is 0. The van der Waals surface area contributed by atoms with E-state index >= 15 is 0 Å². The molecular formula is C18H15ClN2O2. The summed E-state index contributed by atoms with van der Waals surface area (Å²) in [4.78, 5) is 26.9. The lowest BCUT2D eigenvalue weighted by Crippen LogP contribution is -2.31. The quantitative estimate of drug-likeness (QED) is 0.773. The molecule has 0 atom stereocenters. The third kappa shape index (κ3) is 3.60. The van der Waals surface area contributed by atoms with Crippen LogP contribution >= 0.6 is 11.6 Å². The van der Waals surface area contributed by atoms with Crippen LogP contribution in [0.4, 0.5) is 0 Å². The molecule has 2 aromatic carbocycles. The fourth-order valence-corrected chi connectivity index (χ4v) is 2.64. The molecule has 0 saturated heterocycles. The van der Waals surface area contributed by atoms with Crippen LogP contribution in [0.5, 0.6) is 0 Å². The van der Waals surface area contributed by atoms with Gasteiger partial charge in [-0.15, -0.1) is 0 Å². The predicted molar refractivity (Wildman–Crippen MR) is 92.1 cm³/mol. The molecule has 0 unspecified atom stereocenters. The molecule has 0 aliphatic rings. The summed E-state index contributed by atoms with van der Waals surface area (Å²) in [6, 6.07) is 16.4. The second-order valence-corrected chi connectivity index (χ2v) is 5.67. The minimum absolute atomic E-state index is 0.120. The summed E-state index contributed by atoms with van der Waals surface area (Å²) in [5.74, 6) is -0.376. The van der Waals surface area contributed by atoms with E-state index in [4.69, 9.17) is 11.6 Å². The molecule has 0 bridgehead atoms. The van der Waals surface area contributed by atoms with E-state index in [0.717, 1.165) is 10.9 Å². The lowest BCUT2D eigenvalue weighted by atomic mass is 10.1. The number of fused-ring (bicyclic) bond motifs is 1. The summed E-state index contributed by atoms with van der Waals surface area (Å²) in [7, 11) is 0. The number of aromatic amines is 1. The van der Waals surface area contributed by atoms with Gasteiger partial charge in [0.25, 0.3) is 11.5 Å². The van der Waals surface area contributed by atoms with E-state index in [1.54, 1.807) is 18.2 Å². The maximum absolute atomic E-state index is 12.2. The van der Waals surface area contributed by atoms with Gasteiger partial charge in [-0.2, -0.15) is 0 Å².